The summed E-state index contributed by atoms with van der Waals surface area (Å²) in [6.45, 7) is -0.947. The van der Waals surface area contributed by atoms with Gasteiger partial charge in [0.2, 0.25) is 0 Å². The Kier molecular flexibility index (Phi) is 13.4. The van der Waals surface area contributed by atoms with Crippen LogP contribution in [0.2, 0.25) is 0 Å². The van der Waals surface area contributed by atoms with E-state index in [1.54, 1.807) is 24.3 Å². The molecule has 0 aliphatic carbocycles. The molecule has 0 bridgehead atoms. The van der Waals surface area contributed by atoms with Crippen LogP contribution in [0.1, 0.15) is 15.9 Å². The van der Waals surface area contributed by atoms with E-state index in [1.165, 1.54) is 37.5 Å². The molecule has 2 N–H and O–H groups in total. The maximum atomic E-state index is 12.3. The number of methoxy groups -OCH3 is 1. The van der Waals surface area contributed by atoms with Crippen molar-refractivity contribution in [2.45, 2.75) is 0 Å². The van der Waals surface area contributed by atoms with Crippen molar-refractivity contribution in [1.29, 1.82) is 0 Å². The Balaban J connectivity index is 0.00000420. The number of rotatable bonds is 10. The van der Waals surface area contributed by atoms with Crippen molar-refractivity contribution in [3.63, 3.8) is 0 Å². The number of ketones is 1. The molecule has 30 heavy (non-hydrogen) atoms. The molecule has 2 aromatic rings. The van der Waals surface area contributed by atoms with Gasteiger partial charge in [0, 0.05) is 5.56 Å². The topological polar surface area (TPSA) is 119 Å². The zero-order valence-corrected chi connectivity index (χ0v) is 15.0. The van der Waals surface area contributed by atoms with Gasteiger partial charge in [-0.1, -0.05) is 12.1 Å². The van der Waals surface area contributed by atoms with Crippen LogP contribution in [0.3, 0.4) is 0 Å². The van der Waals surface area contributed by atoms with Crippen molar-refractivity contribution < 1.29 is 38.8 Å². The number of carbonyl (C=O) groups is 3. The summed E-state index contributed by atoms with van der Waals surface area (Å²) < 4.78 is 15.3. The third-order valence-corrected chi connectivity index (χ3v) is 3.47. The van der Waals surface area contributed by atoms with E-state index in [0.29, 0.717) is 22.6 Å². The predicted molar refractivity (Wildman–Crippen MR) is 113 cm³/mol. The second kappa shape index (κ2) is 14.2. The van der Waals surface area contributed by atoms with Crippen LogP contribution in [0.4, 0.5) is 0 Å². The van der Waals surface area contributed by atoms with Gasteiger partial charge >= 0.3 is 71.1 Å². The number of ether oxygens (including phenoxy) is 3. The fourth-order valence-corrected chi connectivity index (χ4v) is 2.18. The number of hydrogen-bond acceptors (Lipinski definition) is 6. The van der Waals surface area contributed by atoms with Crippen molar-refractivity contribution >= 4 is 82.9 Å². The van der Waals surface area contributed by atoms with E-state index in [-0.39, 0.29) is 70.6 Å². The SMILES string of the molecule is COc1cc(/C=C/C(=O)c2ccc(OCC(=O)O)cc2)ccc1OCC(=O)O.[NaH].[NaH]. The first-order valence-electron chi connectivity index (χ1n) is 8.08. The summed E-state index contributed by atoms with van der Waals surface area (Å²) in [6.07, 6.45) is 2.96. The number of benzene rings is 2. The van der Waals surface area contributed by atoms with Crippen LogP contribution in [0, 0.1) is 0 Å². The van der Waals surface area contributed by atoms with E-state index >= 15 is 0 Å². The molecule has 0 amide bonds. The van der Waals surface area contributed by atoms with Gasteiger partial charge in [0.15, 0.2) is 30.5 Å². The minimum absolute atomic E-state index is 0. The first kappa shape index (κ1) is 28.2. The van der Waals surface area contributed by atoms with Gasteiger partial charge in [0.1, 0.15) is 5.75 Å². The van der Waals surface area contributed by atoms with Gasteiger partial charge in [-0.25, -0.2) is 9.59 Å². The van der Waals surface area contributed by atoms with Crippen molar-refractivity contribution in [3.05, 3.63) is 59.7 Å². The maximum absolute atomic E-state index is 12.3. The van der Waals surface area contributed by atoms with Gasteiger partial charge in [-0.2, -0.15) is 0 Å². The number of allylic oxidation sites excluding steroid dienone is 1. The van der Waals surface area contributed by atoms with Gasteiger partial charge in [-0.05, 0) is 48.0 Å². The Hall–Kier alpha value is -1.81. The standard InChI is InChI=1S/C20H18O8.2Na.2H/c1-26-18-10-13(3-9-17(18)28-12-20(24)25)2-8-16(21)14-4-6-15(7-5-14)27-11-19(22)23;;;;/h2-10H,11-12H2,1H3,(H,22,23)(H,24,25);;;;/b8-2+;;;;. The summed E-state index contributed by atoms with van der Waals surface area (Å²) in [5.41, 5.74) is 1.07. The number of carbonyl (C=O) groups excluding carboxylic acids is 1. The molecular weight excluding hydrogens is 414 g/mol. The van der Waals surface area contributed by atoms with Crippen LogP contribution in [-0.2, 0) is 9.59 Å². The molecule has 0 saturated carbocycles. The van der Waals surface area contributed by atoms with Crippen molar-refractivity contribution in [2.24, 2.45) is 0 Å². The molecule has 0 unspecified atom stereocenters. The molecule has 0 saturated heterocycles. The molecule has 0 aromatic heterocycles. The van der Waals surface area contributed by atoms with Crippen LogP contribution in [0.5, 0.6) is 17.2 Å². The fraction of sp³-hybridized carbons (Fsp3) is 0.150. The van der Waals surface area contributed by atoms with E-state index < -0.39 is 25.2 Å². The zero-order valence-electron chi connectivity index (χ0n) is 15.0. The van der Waals surface area contributed by atoms with Crippen LogP contribution >= 0.6 is 0 Å². The number of carboxylic acids is 2. The van der Waals surface area contributed by atoms with E-state index in [1.807, 2.05) is 0 Å². The summed E-state index contributed by atoms with van der Waals surface area (Å²) in [5.74, 6) is -1.46. The fourth-order valence-electron chi connectivity index (χ4n) is 2.18. The predicted octanol–water partition coefficient (Wildman–Crippen LogP) is 1.22. The molecule has 0 radical (unpaired) electrons. The van der Waals surface area contributed by atoms with Gasteiger partial charge < -0.3 is 24.4 Å². The summed E-state index contributed by atoms with van der Waals surface area (Å²) in [6, 6.07) is 10.9. The third kappa shape index (κ3) is 9.34. The molecule has 0 spiro atoms. The van der Waals surface area contributed by atoms with Gasteiger partial charge in [-0.15, -0.1) is 0 Å². The van der Waals surface area contributed by atoms with Crippen molar-refractivity contribution in [1.82, 2.24) is 0 Å². The van der Waals surface area contributed by atoms with Crippen molar-refractivity contribution in [2.75, 3.05) is 20.3 Å². The summed E-state index contributed by atoms with van der Waals surface area (Å²) in [4.78, 5) is 33.3. The van der Waals surface area contributed by atoms with Crippen LogP contribution in [-0.4, -0.2) is 107 Å². The van der Waals surface area contributed by atoms with Crippen LogP contribution in [0.25, 0.3) is 6.08 Å². The molecule has 10 heteroatoms. The van der Waals surface area contributed by atoms with Crippen LogP contribution < -0.4 is 14.2 Å². The summed E-state index contributed by atoms with van der Waals surface area (Å²) in [7, 11) is 1.43. The molecule has 150 valence electrons. The normalized spacial score (nSPS) is 9.77. The minimum atomic E-state index is -1.10. The molecule has 2 aromatic carbocycles. The zero-order chi connectivity index (χ0) is 20.5. The first-order valence-corrected chi connectivity index (χ1v) is 8.08. The molecule has 8 nitrogen and oxygen atoms in total. The Morgan fingerprint density at radius 1 is 0.867 bits per heavy atom. The molecule has 0 aliphatic heterocycles. The molecule has 0 atom stereocenters. The van der Waals surface area contributed by atoms with E-state index in [4.69, 9.17) is 24.4 Å². The van der Waals surface area contributed by atoms with Crippen LogP contribution in [0.15, 0.2) is 48.5 Å². The molecule has 0 heterocycles. The molecule has 2 rings (SSSR count). The summed E-state index contributed by atoms with van der Waals surface area (Å²) >= 11 is 0. The quantitative estimate of drug-likeness (QED) is 0.326. The Labute approximate surface area is 217 Å². The first-order chi connectivity index (χ1) is 13.4. The second-order valence-corrected chi connectivity index (χ2v) is 5.50. The van der Waals surface area contributed by atoms with E-state index in [0.717, 1.165) is 0 Å². The number of hydrogen-bond donors (Lipinski definition) is 2. The van der Waals surface area contributed by atoms with Gasteiger partial charge in [0.05, 0.1) is 7.11 Å². The van der Waals surface area contributed by atoms with Gasteiger partial charge in [0.25, 0.3) is 0 Å². The second-order valence-electron chi connectivity index (χ2n) is 5.50. The summed E-state index contributed by atoms with van der Waals surface area (Å²) in [5, 5.41) is 17.2. The van der Waals surface area contributed by atoms with Gasteiger partial charge in [-0.3, -0.25) is 4.79 Å². The third-order valence-electron chi connectivity index (χ3n) is 3.47. The Bertz CT molecular complexity index is 894. The Morgan fingerprint density at radius 2 is 1.47 bits per heavy atom. The van der Waals surface area contributed by atoms with E-state index in [9.17, 15) is 14.4 Å². The van der Waals surface area contributed by atoms with E-state index in [2.05, 4.69) is 0 Å². The number of aliphatic carboxylic acids is 2. The van der Waals surface area contributed by atoms with Crippen molar-refractivity contribution in [3.8, 4) is 17.2 Å². The monoisotopic (exact) mass is 434 g/mol. The number of carboxylic acid groups (broad SMARTS) is 2. The molecule has 0 aliphatic rings. The molecular formula is C20H20Na2O8. The molecule has 0 fully saturated rings. The average molecular weight is 434 g/mol. The average Bonchev–Trinajstić information content (AvgIpc) is 2.69. The Morgan fingerprint density at radius 3 is 2.03 bits per heavy atom.